The minimum absolute atomic E-state index is 0.0347. The van der Waals surface area contributed by atoms with Gasteiger partial charge in [0.1, 0.15) is 5.82 Å². The molecule has 2 heterocycles. The molecule has 1 saturated heterocycles. The van der Waals surface area contributed by atoms with E-state index in [2.05, 4.69) is 4.98 Å². The van der Waals surface area contributed by atoms with Crippen molar-refractivity contribution < 1.29 is 27.1 Å². The molecule has 2 aromatic rings. The van der Waals surface area contributed by atoms with Crippen molar-refractivity contribution in [1.29, 1.82) is 0 Å². The van der Waals surface area contributed by atoms with Crippen LogP contribution in [0.3, 0.4) is 0 Å². The number of rotatable bonds is 3. The van der Waals surface area contributed by atoms with Crippen LogP contribution < -0.4 is 0 Å². The van der Waals surface area contributed by atoms with Gasteiger partial charge in [-0.25, -0.2) is 4.39 Å². The van der Waals surface area contributed by atoms with Gasteiger partial charge in [0.2, 0.25) is 5.91 Å². The Balaban J connectivity index is 1.64. The highest BCUT2D eigenvalue weighted by atomic mass is 19.4. The van der Waals surface area contributed by atoms with Gasteiger partial charge < -0.3 is 9.64 Å². The van der Waals surface area contributed by atoms with E-state index in [0.717, 1.165) is 36.1 Å². The fourth-order valence-electron chi connectivity index (χ4n) is 4.17. The number of hydrogen-bond donors (Lipinski definition) is 0. The average Bonchev–Trinajstić information content (AvgIpc) is 3.10. The fraction of sp³-hybridized carbons (Fsp3) is 0.429. The van der Waals surface area contributed by atoms with Gasteiger partial charge in [0.25, 0.3) is 0 Å². The quantitative estimate of drug-likeness (QED) is 0.716. The molecule has 1 amide bonds. The molecule has 1 aliphatic carbocycles. The Kier molecular flexibility index (Phi) is 5.29. The third-order valence-electron chi connectivity index (χ3n) is 5.61. The average molecular weight is 408 g/mol. The van der Waals surface area contributed by atoms with Crippen LogP contribution in [0.25, 0.3) is 11.1 Å². The zero-order chi connectivity index (χ0) is 20.6. The third kappa shape index (κ3) is 3.99. The lowest BCUT2D eigenvalue weighted by atomic mass is 9.90. The van der Waals surface area contributed by atoms with Crippen LogP contribution in [0.4, 0.5) is 17.6 Å². The Morgan fingerprint density at radius 1 is 1.21 bits per heavy atom. The van der Waals surface area contributed by atoms with E-state index < -0.39 is 17.6 Å². The van der Waals surface area contributed by atoms with Crippen molar-refractivity contribution in [2.75, 3.05) is 26.3 Å². The summed E-state index contributed by atoms with van der Waals surface area (Å²) < 4.78 is 58.0. The van der Waals surface area contributed by atoms with Crippen molar-refractivity contribution in [3.05, 3.63) is 53.1 Å². The number of alkyl halides is 3. The Morgan fingerprint density at radius 3 is 2.66 bits per heavy atom. The highest BCUT2D eigenvalue weighted by molar-refractivity contribution is 5.79. The summed E-state index contributed by atoms with van der Waals surface area (Å²) in [6.45, 7) is 2.16. The normalized spacial score (nSPS) is 19.3. The van der Waals surface area contributed by atoms with Gasteiger partial charge >= 0.3 is 6.18 Å². The van der Waals surface area contributed by atoms with Crippen LogP contribution in [-0.2, 0) is 22.1 Å². The Labute approximate surface area is 165 Å². The summed E-state index contributed by atoms with van der Waals surface area (Å²) in [5, 5.41) is 0. The zero-order valence-electron chi connectivity index (χ0n) is 15.6. The van der Waals surface area contributed by atoms with Gasteiger partial charge in [0.05, 0.1) is 18.8 Å². The van der Waals surface area contributed by atoms with Crippen molar-refractivity contribution in [2.45, 2.75) is 31.4 Å². The van der Waals surface area contributed by atoms with Gasteiger partial charge in [0.15, 0.2) is 0 Å². The van der Waals surface area contributed by atoms with Crippen LogP contribution >= 0.6 is 0 Å². The van der Waals surface area contributed by atoms with E-state index in [9.17, 15) is 22.4 Å². The summed E-state index contributed by atoms with van der Waals surface area (Å²) in [4.78, 5) is 18.6. The number of benzene rings is 1. The number of nitrogens with zero attached hydrogens (tertiary/aromatic N) is 2. The smallest absolute Gasteiger partial charge is 0.378 e. The largest absolute Gasteiger partial charge is 0.419 e. The molecule has 1 atom stereocenters. The molecule has 4 nitrogen and oxygen atoms in total. The van der Waals surface area contributed by atoms with Gasteiger partial charge in [-0.1, -0.05) is 6.07 Å². The first-order valence-corrected chi connectivity index (χ1v) is 9.54. The summed E-state index contributed by atoms with van der Waals surface area (Å²) in [5.41, 5.74) is 1.49. The second-order valence-corrected chi connectivity index (χ2v) is 7.39. The maximum atomic E-state index is 14.1. The topological polar surface area (TPSA) is 42.4 Å². The van der Waals surface area contributed by atoms with Crippen LogP contribution in [0.1, 0.15) is 35.4 Å². The number of halogens is 4. The van der Waals surface area contributed by atoms with Crippen LogP contribution in [0, 0.1) is 5.82 Å². The number of amides is 1. The van der Waals surface area contributed by atoms with Gasteiger partial charge in [-0.2, -0.15) is 13.2 Å². The first kappa shape index (κ1) is 19.8. The molecule has 2 aliphatic rings. The van der Waals surface area contributed by atoms with Crippen LogP contribution in [0.5, 0.6) is 0 Å². The highest BCUT2D eigenvalue weighted by Gasteiger charge is 2.35. The van der Waals surface area contributed by atoms with Crippen LogP contribution in [0.2, 0.25) is 0 Å². The Bertz CT molecular complexity index is 923. The molecule has 0 saturated carbocycles. The molecule has 1 fully saturated rings. The van der Waals surface area contributed by atoms with Crippen molar-refractivity contribution in [3.63, 3.8) is 0 Å². The van der Waals surface area contributed by atoms with E-state index in [-0.39, 0.29) is 11.8 Å². The second-order valence-electron chi connectivity index (χ2n) is 7.39. The fourth-order valence-corrected chi connectivity index (χ4v) is 4.17. The van der Waals surface area contributed by atoms with E-state index in [0.29, 0.717) is 43.9 Å². The number of fused-ring (bicyclic) bond motifs is 1. The minimum atomic E-state index is -4.74. The van der Waals surface area contributed by atoms with E-state index in [1.165, 1.54) is 6.07 Å². The van der Waals surface area contributed by atoms with E-state index >= 15 is 0 Å². The van der Waals surface area contributed by atoms with Crippen LogP contribution in [-0.4, -0.2) is 42.1 Å². The molecule has 0 spiro atoms. The number of ether oxygens (including phenoxy) is 1. The predicted octanol–water partition coefficient (Wildman–Crippen LogP) is 4.19. The van der Waals surface area contributed by atoms with E-state index in [1.54, 1.807) is 17.3 Å². The van der Waals surface area contributed by atoms with Crippen LogP contribution in [0.15, 0.2) is 30.6 Å². The molecule has 154 valence electrons. The highest BCUT2D eigenvalue weighted by Crippen LogP contribution is 2.42. The Morgan fingerprint density at radius 2 is 1.97 bits per heavy atom. The number of carbonyl (C=O) groups is 1. The van der Waals surface area contributed by atoms with Crippen molar-refractivity contribution in [1.82, 2.24) is 9.88 Å². The molecule has 29 heavy (non-hydrogen) atoms. The summed E-state index contributed by atoms with van der Waals surface area (Å²) in [6, 6.07) is 2.93. The molecule has 0 radical (unpaired) electrons. The molecule has 8 heteroatoms. The third-order valence-corrected chi connectivity index (χ3v) is 5.61. The maximum Gasteiger partial charge on any atom is 0.419 e. The number of carbonyl (C=O) groups excluding carboxylic acids is 1. The minimum Gasteiger partial charge on any atom is -0.378 e. The number of hydrogen-bond acceptors (Lipinski definition) is 3. The molecule has 1 unspecified atom stereocenters. The predicted molar refractivity (Wildman–Crippen MR) is 97.7 cm³/mol. The summed E-state index contributed by atoms with van der Waals surface area (Å²) in [6.07, 6.45) is 0.324. The lowest BCUT2D eigenvalue weighted by molar-refractivity contribution is -0.140. The van der Waals surface area contributed by atoms with Gasteiger partial charge in [0, 0.05) is 37.5 Å². The molecular formula is C21H20F4N2O2. The molecule has 1 aromatic carbocycles. The standard InChI is InChI=1S/C21H20F4N2O2/c22-18-9-13(3-4-17(18)21(23,24)25)16-12-26-11-15-2-1-14(20(15)16)10-19(28)27-5-7-29-8-6-27/h3-4,9,11-12,14H,1-2,5-8,10H2. The number of aryl methyl sites for hydroxylation is 1. The first-order valence-electron chi connectivity index (χ1n) is 9.54. The molecule has 0 bridgehead atoms. The summed E-state index contributed by atoms with van der Waals surface area (Å²) in [7, 11) is 0. The molecule has 4 rings (SSSR count). The zero-order valence-corrected chi connectivity index (χ0v) is 15.6. The van der Waals surface area contributed by atoms with Crippen molar-refractivity contribution in [3.8, 4) is 11.1 Å². The lowest BCUT2D eigenvalue weighted by Crippen LogP contribution is -2.41. The summed E-state index contributed by atoms with van der Waals surface area (Å²) in [5.74, 6) is -1.34. The van der Waals surface area contributed by atoms with E-state index in [4.69, 9.17) is 4.74 Å². The van der Waals surface area contributed by atoms with E-state index in [1.807, 2.05) is 0 Å². The Hall–Kier alpha value is -2.48. The SMILES string of the molecule is O=C(CC1CCc2cncc(-c3ccc(C(F)(F)F)c(F)c3)c21)N1CCOCC1. The monoisotopic (exact) mass is 408 g/mol. The van der Waals surface area contributed by atoms with Crippen molar-refractivity contribution >= 4 is 5.91 Å². The summed E-state index contributed by atoms with van der Waals surface area (Å²) >= 11 is 0. The maximum absolute atomic E-state index is 14.1. The number of morpholine rings is 1. The van der Waals surface area contributed by atoms with Crippen molar-refractivity contribution in [2.24, 2.45) is 0 Å². The number of pyridine rings is 1. The number of aromatic nitrogens is 1. The first-order chi connectivity index (χ1) is 13.8. The lowest BCUT2D eigenvalue weighted by Gasteiger charge is -2.28. The molecule has 1 aromatic heterocycles. The molecule has 1 aliphatic heterocycles. The molecule has 0 N–H and O–H groups in total. The molecular weight excluding hydrogens is 388 g/mol. The second kappa shape index (κ2) is 7.74. The van der Waals surface area contributed by atoms with Gasteiger partial charge in [-0.05, 0) is 47.6 Å². The van der Waals surface area contributed by atoms with Gasteiger partial charge in [-0.3, -0.25) is 9.78 Å². The van der Waals surface area contributed by atoms with Gasteiger partial charge in [-0.15, -0.1) is 0 Å².